The van der Waals surface area contributed by atoms with Crippen molar-refractivity contribution < 1.29 is 9.76 Å². The third-order valence-electron chi connectivity index (χ3n) is 4.64. The van der Waals surface area contributed by atoms with Crippen LogP contribution in [0.5, 0.6) is 0 Å². The van der Waals surface area contributed by atoms with Crippen LogP contribution in [0.4, 0.5) is 0 Å². The van der Waals surface area contributed by atoms with Gasteiger partial charge in [0.2, 0.25) is 0 Å². The Kier molecular flexibility index (Phi) is 3.33. The second kappa shape index (κ2) is 4.39. The first-order chi connectivity index (χ1) is 8.27. The Morgan fingerprint density at radius 1 is 1.28 bits per heavy atom. The van der Waals surface area contributed by atoms with Crippen molar-refractivity contribution in [3.63, 3.8) is 0 Å². The van der Waals surface area contributed by atoms with E-state index in [1.165, 1.54) is 11.0 Å². The highest BCUT2D eigenvalue weighted by atomic mass is 16.5. The van der Waals surface area contributed by atoms with Crippen molar-refractivity contribution in [1.82, 2.24) is 0 Å². The summed E-state index contributed by atoms with van der Waals surface area (Å²) in [5.41, 5.74) is 3.48. The van der Waals surface area contributed by atoms with E-state index >= 15 is 0 Å². The Hall–Kier alpha value is -0.795. The summed E-state index contributed by atoms with van der Waals surface area (Å²) in [7, 11) is 0. The molecule has 0 unspecified atom stereocenters. The van der Waals surface area contributed by atoms with Crippen molar-refractivity contribution in [3.05, 3.63) is 29.3 Å². The van der Waals surface area contributed by atoms with E-state index in [1.807, 2.05) is 6.07 Å². The Morgan fingerprint density at radius 2 is 1.94 bits per heavy atom. The van der Waals surface area contributed by atoms with Gasteiger partial charge in [0.05, 0.1) is 12.2 Å². The van der Waals surface area contributed by atoms with Gasteiger partial charge in [0.25, 0.3) is 0 Å². The van der Waals surface area contributed by atoms with Crippen LogP contribution in [-0.2, 0) is 11.3 Å². The molecule has 1 heterocycles. The molecule has 3 heteroatoms. The van der Waals surface area contributed by atoms with Gasteiger partial charge in [-0.1, -0.05) is 37.6 Å². The van der Waals surface area contributed by atoms with Crippen LogP contribution in [-0.4, -0.2) is 17.6 Å². The second-order valence-electron chi connectivity index (χ2n) is 6.55. The van der Waals surface area contributed by atoms with Crippen molar-refractivity contribution in [2.24, 2.45) is 5.41 Å². The van der Waals surface area contributed by atoms with Crippen molar-refractivity contribution in [1.29, 1.82) is 0 Å². The van der Waals surface area contributed by atoms with E-state index in [4.69, 9.17) is 4.65 Å². The fourth-order valence-electron chi connectivity index (χ4n) is 2.57. The van der Waals surface area contributed by atoms with E-state index in [1.54, 1.807) is 0 Å². The summed E-state index contributed by atoms with van der Waals surface area (Å²) in [5.74, 6) is 0. The molecule has 2 nitrogen and oxygen atoms in total. The molecule has 0 aromatic heterocycles. The fraction of sp³-hybridized carbons (Fsp3) is 0.600. The van der Waals surface area contributed by atoms with Crippen molar-refractivity contribution in [2.75, 3.05) is 0 Å². The summed E-state index contributed by atoms with van der Waals surface area (Å²) < 4.78 is 6.25. The molecule has 0 aliphatic carbocycles. The number of aryl methyl sites for hydroxylation is 1. The number of aliphatic hydroxyl groups excluding tert-OH is 1. The smallest absolute Gasteiger partial charge is 0.328 e. The molecule has 1 aliphatic heterocycles. The van der Waals surface area contributed by atoms with Crippen LogP contribution >= 0.6 is 0 Å². The van der Waals surface area contributed by atoms with E-state index in [-0.39, 0.29) is 24.5 Å². The van der Waals surface area contributed by atoms with Crippen LogP contribution in [0.2, 0.25) is 6.32 Å². The van der Waals surface area contributed by atoms with Gasteiger partial charge in [-0.25, -0.2) is 0 Å². The van der Waals surface area contributed by atoms with E-state index in [0.717, 1.165) is 11.9 Å². The molecule has 18 heavy (non-hydrogen) atoms. The molecule has 1 fully saturated rings. The van der Waals surface area contributed by atoms with Crippen LogP contribution in [0.15, 0.2) is 18.2 Å². The van der Waals surface area contributed by atoms with Crippen LogP contribution in [0.1, 0.15) is 38.8 Å². The first kappa shape index (κ1) is 13.6. The summed E-state index contributed by atoms with van der Waals surface area (Å²) in [6, 6.07) is 6.13. The van der Waals surface area contributed by atoms with Gasteiger partial charge in [0.1, 0.15) is 0 Å². The van der Waals surface area contributed by atoms with Crippen LogP contribution in [0, 0.1) is 12.3 Å². The average Bonchev–Trinajstić information content (AvgIpc) is 2.48. The van der Waals surface area contributed by atoms with Crippen molar-refractivity contribution in [3.8, 4) is 0 Å². The van der Waals surface area contributed by atoms with Gasteiger partial charge in [-0.2, -0.15) is 0 Å². The first-order valence-corrected chi connectivity index (χ1v) is 6.65. The van der Waals surface area contributed by atoms with Gasteiger partial charge in [-0.3, -0.25) is 0 Å². The molecule has 0 atom stereocenters. The predicted octanol–water partition coefficient (Wildman–Crippen LogP) is 2.52. The van der Waals surface area contributed by atoms with Crippen LogP contribution < -0.4 is 5.46 Å². The standard InChI is InChI=1S/C15H23BO2/c1-11-6-7-12(9-17)8-13(11)16-10-14(2,3)15(4,5)18-16/h6-8,17H,9-10H2,1-5H3. The Labute approximate surface area is 110 Å². The molecule has 1 saturated heterocycles. The lowest BCUT2D eigenvalue weighted by atomic mass is 9.53. The molecule has 1 aromatic carbocycles. The summed E-state index contributed by atoms with van der Waals surface area (Å²) >= 11 is 0. The third kappa shape index (κ3) is 2.22. The molecule has 1 N–H and O–H groups in total. The molecule has 1 aromatic rings. The van der Waals surface area contributed by atoms with Gasteiger partial charge in [-0.05, 0) is 43.5 Å². The molecule has 2 rings (SSSR count). The molecular formula is C15H23BO2. The highest BCUT2D eigenvalue weighted by Crippen LogP contribution is 2.45. The Bertz CT molecular complexity index is 436. The zero-order valence-corrected chi connectivity index (χ0v) is 12.1. The summed E-state index contributed by atoms with van der Waals surface area (Å²) in [6.07, 6.45) is 1.02. The maximum Gasteiger partial charge on any atom is 0.328 e. The SMILES string of the molecule is Cc1ccc(CO)cc1B1CC(C)(C)C(C)(C)O1. The monoisotopic (exact) mass is 246 g/mol. The highest BCUT2D eigenvalue weighted by molar-refractivity contribution is 6.68. The quantitative estimate of drug-likeness (QED) is 0.812. The van der Waals surface area contributed by atoms with E-state index in [2.05, 4.69) is 46.8 Å². The molecule has 0 bridgehead atoms. The number of benzene rings is 1. The lowest BCUT2D eigenvalue weighted by Gasteiger charge is -2.34. The first-order valence-electron chi connectivity index (χ1n) is 6.65. The molecular weight excluding hydrogens is 223 g/mol. The maximum absolute atomic E-state index is 9.26. The van der Waals surface area contributed by atoms with Crippen LogP contribution in [0.3, 0.4) is 0 Å². The minimum atomic E-state index is -0.112. The molecule has 98 valence electrons. The normalized spacial score (nSPS) is 21.3. The summed E-state index contributed by atoms with van der Waals surface area (Å²) in [5, 5.41) is 9.26. The van der Waals surface area contributed by atoms with Crippen LogP contribution in [0.25, 0.3) is 0 Å². The maximum atomic E-state index is 9.26. The highest BCUT2D eigenvalue weighted by Gasteiger charge is 2.50. The van der Waals surface area contributed by atoms with Gasteiger partial charge < -0.3 is 9.76 Å². The Balaban J connectivity index is 2.34. The number of hydrogen-bond donors (Lipinski definition) is 1. The van der Waals surface area contributed by atoms with E-state index in [0.29, 0.717) is 0 Å². The van der Waals surface area contributed by atoms with Crippen molar-refractivity contribution >= 4 is 12.4 Å². The molecule has 1 aliphatic rings. The molecule has 0 spiro atoms. The lowest BCUT2D eigenvalue weighted by molar-refractivity contribution is 0.0375. The second-order valence-corrected chi connectivity index (χ2v) is 6.55. The predicted molar refractivity (Wildman–Crippen MR) is 76.2 cm³/mol. The number of hydrogen-bond acceptors (Lipinski definition) is 2. The largest absolute Gasteiger partial charge is 0.426 e. The zero-order chi connectivity index (χ0) is 13.6. The third-order valence-corrected chi connectivity index (χ3v) is 4.64. The average molecular weight is 246 g/mol. The van der Waals surface area contributed by atoms with Crippen molar-refractivity contribution in [2.45, 2.75) is 53.1 Å². The lowest BCUT2D eigenvalue weighted by Crippen LogP contribution is -2.36. The topological polar surface area (TPSA) is 29.5 Å². The minimum Gasteiger partial charge on any atom is -0.426 e. The summed E-state index contributed by atoms with van der Waals surface area (Å²) in [4.78, 5) is 0. The van der Waals surface area contributed by atoms with Gasteiger partial charge in [-0.15, -0.1) is 0 Å². The molecule has 0 radical (unpaired) electrons. The number of rotatable bonds is 2. The fourth-order valence-corrected chi connectivity index (χ4v) is 2.57. The van der Waals surface area contributed by atoms with E-state index < -0.39 is 0 Å². The zero-order valence-electron chi connectivity index (χ0n) is 12.1. The Morgan fingerprint density at radius 3 is 2.44 bits per heavy atom. The van der Waals surface area contributed by atoms with Gasteiger partial charge in [0.15, 0.2) is 0 Å². The molecule has 0 saturated carbocycles. The van der Waals surface area contributed by atoms with Gasteiger partial charge >= 0.3 is 6.92 Å². The summed E-state index contributed by atoms with van der Waals surface area (Å²) in [6.45, 7) is 11.2. The van der Waals surface area contributed by atoms with Gasteiger partial charge in [0, 0.05) is 0 Å². The minimum absolute atomic E-state index is 0.0901. The molecule has 0 amide bonds. The van der Waals surface area contributed by atoms with E-state index in [9.17, 15) is 5.11 Å². The number of aliphatic hydroxyl groups is 1.